The van der Waals surface area contributed by atoms with Gasteiger partial charge >= 0.3 is 0 Å². The van der Waals surface area contributed by atoms with Gasteiger partial charge in [-0.25, -0.2) is 0 Å². The third-order valence-electron chi connectivity index (χ3n) is 2.48. The first-order valence-electron chi connectivity index (χ1n) is 4.82. The van der Waals surface area contributed by atoms with Gasteiger partial charge in [-0.3, -0.25) is 0 Å². The Hall–Kier alpha value is -1.51. The van der Waals surface area contributed by atoms with E-state index in [1.54, 1.807) is 0 Å². The van der Waals surface area contributed by atoms with Gasteiger partial charge in [0.05, 0.1) is 12.3 Å². The van der Waals surface area contributed by atoms with E-state index in [1.165, 1.54) is 5.56 Å². The Morgan fingerprint density at radius 2 is 2.36 bits per heavy atom. The minimum absolute atomic E-state index is 0.595. The highest BCUT2D eigenvalue weighted by atomic mass is 16.5. The standard InChI is InChI=1S/C11H13NO2/c1-2-8-3-4-11-9(7-8)10(12-13)5-6-14-11/h3-4,7,13H,2,5-6H2,1H3/b12-10+. The lowest BCUT2D eigenvalue weighted by atomic mass is 10.0. The minimum Gasteiger partial charge on any atom is -0.492 e. The largest absolute Gasteiger partial charge is 0.492 e. The molecule has 0 spiro atoms. The summed E-state index contributed by atoms with van der Waals surface area (Å²) in [7, 11) is 0. The molecular weight excluding hydrogens is 178 g/mol. The highest BCUT2D eigenvalue weighted by Gasteiger charge is 2.17. The van der Waals surface area contributed by atoms with Gasteiger partial charge in [-0.05, 0) is 24.1 Å². The molecule has 1 aliphatic heterocycles. The fourth-order valence-electron chi connectivity index (χ4n) is 1.64. The van der Waals surface area contributed by atoms with Gasteiger partial charge in [0.2, 0.25) is 0 Å². The molecule has 0 saturated heterocycles. The van der Waals surface area contributed by atoms with E-state index >= 15 is 0 Å². The van der Waals surface area contributed by atoms with Crippen LogP contribution in [0.5, 0.6) is 5.75 Å². The molecule has 1 aromatic carbocycles. The summed E-state index contributed by atoms with van der Waals surface area (Å²) in [4.78, 5) is 0. The lowest BCUT2D eigenvalue weighted by molar-refractivity contribution is 0.298. The van der Waals surface area contributed by atoms with Crippen molar-refractivity contribution in [2.45, 2.75) is 19.8 Å². The fourth-order valence-corrected chi connectivity index (χ4v) is 1.64. The Balaban J connectivity index is 2.49. The van der Waals surface area contributed by atoms with Crippen molar-refractivity contribution in [3.05, 3.63) is 29.3 Å². The molecule has 0 fully saturated rings. The molecule has 2 rings (SSSR count). The molecule has 3 nitrogen and oxygen atoms in total. The molecule has 1 aromatic rings. The summed E-state index contributed by atoms with van der Waals surface area (Å²) in [6, 6.07) is 6.02. The zero-order valence-electron chi connectivity index (χ0n) is 8.16. The molecule has 1 aliphatic rings. The Bertz CT molecular complexity index is 372. The maximum absolute atomic E-state index is 8.83. The Morgan fingerprint density at radius 3 is 3.07 bits per heavy atom. The smallest absolute Gasteiger partial charge is 0.128 e. The van der Waals surface area contributed by atoms with Crippen LogP contribution in [-0.2, 0) is 6.42 Å². The summed E-state index contributed by atoms with van der Waals surface area (Å²) in [6.45, 7) is 2.69. The number of aryl methyl sites for hydroxylation is 1. The van der Waals surface area contributed by atoms with Crippen molar-refractivity contribution in [2.75, 3.05) is 6.61 Å². The van der Waals surface area contributed by atoms with Crippen molar-refractivity contribution in [1.82, 2.24) is 0 Å². The second-order valence-corrected chi connectivity index (χ2v) is 3.33. The fraction of sp³-hybridized carbons (Fsp3) is 0.364. The topological polar surface area (TPSA) is 41.8 Å². The van der Waals surface area contributed by atoms with Gasteiger partial charge in [-0.2, -0.15) is 0 Å². The van der Waals surface area contributed by atoms with Gasteiger partial charge in [-0.1, -0.05) is 18.1 Å². The molecule has 0 bridgehead atoms. The van der Waals surface area contributed by atoms with E-state index in [1.807, 2.05) is 18.2 Å². The van der Waals surface area contributed by atoms with Crippen LogP contribution < -0.4 is 4.74 Å². The van der Waals surface area contributed by atoms with Gasteiger partial charge in [0, 0.05) is 12.0 Å². The number of fused-ring (bicyclic) bond motifs is 1. The molecule has 0 atom stereocenters. The van der Waals surface area contributed by atoms with E-state index in [9.17, 15) is 0 Å². The van der Waals surface area contributed by atoms with Crippen LogP contribution in [0, 0.1) is 0 Å². The van der Waals surface area contributed by atoms with E-state index in [4.69, 9.17) is 9.94 Å². The normalized spacial score (nSPS) is 17.6. The van der Waals surface area contributed by atoms with Crippen LogP contribution in [0.25, 0.3) is 0 Å². The average molecular weight is 191 g/mol. The molecule has 0 amide bonds. The lowest BCUT2D eigenvalue weighted by Gasteiger charge is -2.18. The van der Waals surface area contributed by atoms with Crippen molar-refractivity contribution in [1.29, 1.82) is 0 Å². The summed E-state index contributed by atoms with van der Waals surface area (Å²) >= 11 is 0. The lowest BCUT2D eigenvalue weighted by Crippen LogP contribution is -2.16. The van der Waals surface area contributed by atoms with Gasteiger partial charge < -0.3 is 9.94 Å². The van der Waals surface area contributed by atoms with Crippen molar-refractivity contribution < 1.29 is 9.94 Å². The molecule has 0 aromatic heterocycles. The quantitative estimate of drug-likeness (QED) is 0.546. The van der Waals surface area contributed by atoms with E-state index in [0.717, 1.165) is 23.4 Å². The Morgan fingerprint density at radius 1 is 1.50 bits per heavy atom. The summed E-state index contributed by atoms with van der Waals surface area (Å²) in [6.07, 6.45) is 1.66. The Labute approximate surface area is 83.0 Å². The van der Waals surface area contributed by atoms with Crippen molar-refractivity contribution in [3.63, 3.8) is 0 Å². The van der Waals surface area contributed by atoms with Crippen LogP contribution in [0.4, 0.5) is 0 Å². The third kappa shape index (κ3) is 1.45. The highest BCUT2D eigenvalue weighted by Crippen LogP contribution is 2.26. The van der Waals surface area contributed by atoms with E-state index in [0.29, 0.717) is 13.0 Å². The first-order valence-corrected chi connectivity index (χ1v) is 4.82. The molecular formula is C11H13NO2. The molecule has 74 valence electrons. The highest BCUT2D eigenvalue weighted by molar-refractivity contribution is 6.03. The van der Waals surface area contributed by atoms with Gasteiger partial charge in [0.25, 0.3) is 0 Å². The molecule has 0 saturated carbocycles. The summed E-state index contributed by atoms with van der Waals surface area (Å²) in [5.74, 6) is 0.821. The zero-order chi connectivity index (χ0) is 9.97. The average Bonchev–Trinajstić information content (AvgIpc) is 2.27. The first-order chi connectivity index (χ1) is 6.85. The summed E-state index contributed by atoms with van der Waals surface area (Å²) < 4.78 is 5.46. The third-order valence-corrected chi connectivity index (χ3v) is 2.48. The maximum Gasteiger partial charge on any atom is 0.128 e. The monoisotopic (exact) mass is 191 g/mol. The Kier molecular flexibility index (Phi) is 2.39. The number of hydrogen-bond acceptors (Lipinski definition) is 3. The molecule has 0 aliphatic carbocycles. The van der Waals surface area contributed by atoms with Gasteiger partial charge in [0.15, 0.2) is 0 Å². The van der Waals surface area contributed by atoms with Crippen LogP contribution in [-0.4, -0.2) is 17.5 Å². The molecule has 3 heteroatoms. The van der Waals surface area contributed by atoms with Crippen LogP contribution >= 0.6 is 0 Å². The van der Waals surface area contributed by atoms with Crippen molar-refractivity contribution in [3.8, 4) is 5.75 Å². The van der Waals surface area contributed by atoms with E-state index in [2.05, 4.69) is 12.1 Å². The molecule has 14 heavy (non-hydrogen) atoms. The van der Waals surface area contributed by atoms with Crippen molar-refractivity contribution >= 4 is 5.71 Å². The number of ether oxygens (including phenoxy) is 1. The zero-order valence-corrected chi connectivity index (χ0v) is 8.16. The SMILES string of the molecule is CCc1ccc2c(c1)/C(=N/O)CCO2. The second kappa shape index (κ2) is 3.70. The molecule has 0 radical (unpaired) electrons. The number of benzene rings is 1. The maximum atomic E-state index is 8.83. The summed E-state index contributed by atoms with van der Waals surface area (Å²) in [5, 5.41) is 12.1. The number of oxime groups is 1. The van der Waals surface area contributed by atoms with E-state index in [-0.39, 0.29) is 0 Å². The van der Waals surface area contributed by atoms with Gasteiger partial charge in [0.1, 0.15) is 5.75 Å². The summed E-state index contributed by atoms with van der Waals surface area (Å²) in [5.41, 5.74) is 2.88. The van der Waals surface area contributed by atoms with Crippen LogP contribution in [0.2, 0.25) is 0 Å². The first kappa shape index (κ1) is 9.06. The number of rotatable bonds is 1. The van der Waals surface area contributed by atoms with Crippen molar-refractivity contribution in [2.24, 2.45) is 5.16 Å². The minimum atomic E-state index is 0.595. The predicted octanol–water partition coefficient (Wildman–Crippen LogP) is 2.21. The van der Waals surface area contributed by atoms with E-state index < -0.39 is 0 Å². The number of hydrogen-bond donors (Lipinski definition) is 1. The van der Waals surface area contributed by atoms with Crippen LogP contribution in [0.3, 0.4) is 0 Å². The second-order valence-electron chi connectivity index (χ2n) is 3.33. The van der Waals surface area contributed by atoms with Gasteiger partial charge in [-0.15, -0.1) is 0 Å². The molecule has 0 unspecified atom stereocenters. The number of nitrogens with zero attached hydrogens (tertiary/aromatic N) is 1. The molecule has 1 N–H and O–H groups in total. The van der Waals surface area contributed by atoms with Crippen LogP contribution in [0.1, 0.15) is 24.5 Å². The van der Waals surface area contributed by atoms with Crippen LogP contribution in [0.15, 0.2) is 23.4 Å². The predicted molar refractivity (Wildman–Crippen MR) is 54.3 cm³/mol. The molecule has 1 heterocycles.